The van der Waals surface area contributed by atoms with Crippen LogP contribution in [0.1, 0.15) is 74.1 Å². The second-order valence-electron chi connectivity index (χ2n) is 10.6. The predicted molar refractivity (Wildman–Crippen MR) is 155 cm³/mol. The van der Waals surface area contributed by atoms with Crippen LogP contribution in [0.15, 0.2) is 72.9 Å². The zero-order valence-corrected chi connectivity index (χ0v) is 23.5. The van der Waals surface area contributed by atoms with E-state index in [2.05, 4.69) is 15.6 Å². The molecule has 1 aliphatic carbocycles. The molecule has 0 spiro atoms. The highest BCUT2D eigenvalue weighted by molar-refractivity contribution is 6.01. The molecule has 7 nitrogen and oxygen atoms in total. The molecule has 0 bridgehead atoms. The van der Waals surface area contributed by atoms with Gasteiger partial charge in [-0.15, -0.1) is 0 Å². The van der Waals surface area contributed by atoms with Crippen molar-refractivity contribution in [2.45, 2.75) is 76.6 Å². The smallest absolute Gasteiger partial charge is 0.351 e. The number of pyridine rings is 1. The van der Waals surface area contributed by atoms with Crippen LogP contribution in [0.2, 0.25) is 0 Å². The molecule has 1 atom stereocenters. The fourth-order valence-electron chi connectivity index (χ4n) is 5.13. The fraction of sp³-hybridized carbons (Fsp3) is 0.375. The molecule has 1 aromatic heterocycles. The summed E-state index contributed by atoms with van der Waals surface area (Å²) in [5, 5.41) is 5.71. The van der Waals surface area contributed by atoms with Crippen LogP contribution in [0.3, 0.4) is 0 Å². The number of hydrogen-bond acceptors (Lipinski definition) is 4. The normalized spacial score (nSPS) is 14.6. The number of alkyl halides is 3. The molecule has 2 aromatic carbocycles. The van der Waals surface area contributed by atoms with Crippen LogP contribution >= 0.6 is 0 Å². The lowest BCUT2D eigenvalue weighted by atomic mass is 9.94. The second-order valence-corrected chi connectivity index (χ2v) is 10.6. The molecule has 1 saturated carbocycles. The Morgan fingerprint density at radius 1 is 0.952 bits per heavy atom. The molecule has 2 N–H and O–H groups in total. The molecule has 1 aliphatic rings. The summed E-state index contributed by atoms with van der Waals surface area (Å²) in [4.78, 5) is 45.4. The van der Waals surface area contributed by atoms with Gasteiger partial charge in [0, 0.05) is 30.8 Å². The molecule has 0 radical (unpaired) electrons. The van der Waals surface area contributed by atoms with Crippen molar-refractivity contribution in [2.24, 2.45) is 0 Å². The molecular formula is C32H35F3N4O3. The number of carbonyl (C=O) groups is 3. The molecule has 1 heterocycles. The highest BCUT2D eigenvalue weighted by atomic mass is 19.4. The standard InChI is InChI=1S/C32H35F3N4O3/c1-22-16-18-23(19-17-22)30(31(42)37-25-10-3-2-4-11-25)39(26-12-7-9-24(21-26)32(33,34)35)29(41)15-8-14-28(40)38-27-13-5-6-20-36-27/h5-7,9,12-13,16-21,25,30H,2-4,8,10-11,14-15H2,1H3,(H,37,42)(H,36,38,40). The first-order valence-corrected chi connectivity index (χ1v) is 14.2. The Bertz CT molecular complexity index is 1360. The zero-order valence-electron chi connectivity index (χ0n) is 23.5. The number of rotatable bonds is 10. The van der Waals surface area contributed by atoms with Gasteiger partial charge in [-0.1, -0.05) is 61.2 Å². The van der Waals surface area contributed by atoms with Crippen molar-refractivity contribution in [3.8, 4) is 0 Å². The Labute approximate surface area is 243 Å². The van der Waals surface area contributed by atoms with Crippen molar-refractivity contribution in [1.82, 2.24) is 10.3 Å². The van der Waals surface area contributed by atoms with Gasteiger partial charge in [0.15, 0.2) is 0 Å². The van der Waals surface area contributed by atoms with Crippen molar-refractivity contribution < 1.29 is 27.6 Å². The largest absolute Gasteiger partial charge is 0.416 e. The van der Waals surface area contributed by atoms with Gasteiger partial charge < -0.3 is 10.6 Å². The van der Waals surface area contributed by atoms with Gasteiger partial charge >= 0.3 is 6.18 Å². The van der Waals surface area contributed by atoms with E-state index < -0.39 is 29.6 Å². The average Bonchev–Trinajstić information content (AvgIpc) is 2.97. The van der Waals surface area contributed by atoms with E-state index in [1.165, 1.54) is 18.3 Å². The van der Waals surface area contributed by atoms with Gasteiger partial charge in [-0.05, 0) is 62.1 Å². The third-order valence-electron chi connectivity index (χ3n) is 7.30. The molecule has 3 amide bonds. The number of nitrogens with one attached hydrogen (secondary N) is 2. The third-order valence-corrected chi connectivity index (χ3v) is 7.30. The summed E-state index contributed by atoms with van der Waals surface area (Å²) in [6.45, 7) is 1.88. The van der Waals surface area contributed by atoms with Crippen LogP contribution in [0, 0.1) is 6.92 Å². The summed E-state index contributed by atoms with van der Waals surface area (Å²) in [5.74, 6) is -0.996. The number of benzene rings is 2. The molecule has 0 saturated heterocycles. The lowest BCUT2D eigenvalue weighted by Gasteiger charge is -2.34. The molecule has 10 heteroatoms. The van der Waals surface area contributed by atoms with Gasteiger partial charge in [0.1, 0.15) is 11.9 Å². The van der Waals surface area contributed by atoms with Gasteiger partial charge in [-0.2, -0.15) is 13.2 Å². The Hall–Kier alpha value is -4.21. The summed E-state index contributed by atoms with van der Waals surface area (Å²) in [6, 6.07) is 15.3. The molecule has 222 valence electrons. The van der Waals surface area contributed by atoms with E-state index in [0.29, 0.717) is 11.4 Å². The summed E-state index contributed by atoms with van der Waals surface area (Å²) >= 11 is 0. The van der Waals surface area contributed by atoms with Crippen LogP contribution in [0.25, 0.3) is 0 Å². The van der Waals surface area contributed by atoms with Crippen molar-refractivity contribution >= 4 is 29.2 Å². The van der Waals surface area contributed by atoms with E-state index in [-0.39, 0.29) is 36.9 Å². The van der Waals surface area contributed by atoms with Crippen LogP contribution in [0.5, 0.6) is 0 Å². The number of amides is 3. The van der Waals surface area contributed by atoms with E-state index in [9.17, 15) is 27.6 Å². The number of halogens is 3. The van der Waals surface area contributed by atoms with Crippen molar-refractivity contribution in [3.63, 3.8) is 0 Å². The minimum Gasteiger partial charge on any atom is -0.351 e. The summed E-state index contributed by atoms with van der Waals surface area (Å²) in [6.07, 6.45) is 1.47. The summed E-state index contributed by atoms with van der Waals surface area (Å²) < 4.78 is 41.1. The lowest BCUT2D eigenvalue weighted by molar-refractivity contribution is -0.137. The first-order valence-electron chi connectivity index (χ1n) is 14.2. The lowest BCUT2D eigenvalue weighted by Crippen LogP contribution is -2.47. The Balaban J connectivity index is 1.64. The maximum atomic E-state index is 13.9. The number of aryl methyl sites for hydroxylation is 1. The summed E-state index contributed by atoms with van der Waals surface area (Å²) in [7, 11) is 0. The first kappa shape index (κ1) is 30.7. The van der Waals surface area contributed by atoms with Gasteiger partial charge in [-0.25, -0.2) is 4.98 Å². The van der Waals surface area contributed by atoms with Crippen LogP contribution in [-0.4, -0.2) is 28.7 Å². The van der Waals surface area contributed by atoms with E-state index in [4.69, 9.17) is 0 Å². The van der Waals surface area contributed by atoms with E-state index in [1.807, 2.05) is 6.92 Å². The monoisotopic (exact) mass is 580 g/mol. The molecule has 4 rings (SSSR count). The number of carbonyl (C=O) groups excluding carboxylic acids is 3. The van der Waals surface area contributed by atoms with Crippen molar-refractivity contribution in [2.75, 3.05) is 10.2 Å². The topological polar surface area (TPSA) is 91.4 Å². The first-order chi connectivity index (χ1) is 20.1. The van der Waals surface area contributed by atoms with Gasteiger partial charge in [0.05, 0.1) is 5.56 Å². The van der Waals surface area contributed by atoms with Crippen LogP contribution in [0.4, 0.5) is 24.7 Å². The Morgan fingerprint density at radius 2 is 1.69 bits per heavy atom. The maximum Gasteiger partial charge on any atom is 0.416 e. The zero-order chi connectivity index (χ0) is 30.1. The fourth-order valence-corrected chi connectivity index (χ4v) is 5.13. The van der Waals surface area contributed by atoms with Crippen molar-refractivity contribution in [1.29, 1.82) is 0 Å². The number of aromatic nitrogens is 1. The molecular weight excluding hydrogens is 545 g/mol. The molecule has 1 unspecified atom stereocenters. The third kappa shape index (κ3) is 8.41. The van der Waals surface area contributed by atoms with Gasteiger partial charge in [0.25, 0.3) is 0 Å². The minimum atomic E-state index is -4.64. The average molecular weight is 581 g/mol. The molecule has 0 aliphatic heterocycles. The molecule has 42 heavy (non-hydrogen) atoms. The van der Waals surface area contributed by atoms with E-state index in [0.717, 1.165) is 54.7 Å². The number of nitrogens with zero attached hydrogens (tertiary/aromatic N) is 2. The Kier molecular flexibility index (Phi) is 10.3. The number of hydrogen-bond donors (Lipinski definition) is 2. The van der Waals surface area contributed by atoms with E-state index >= 15 is 0 Å². The molecule has 3 aromatic rings. The maximum absolute atomic E-state index is 13.9. The Morgan fingerprint density at radius 3 is 2.36 bits per heavy atom. The quantitative estimate of drug-likeness (QED) is 0.278. The van der Waals surface area contributed by atoms with Crippen molar-refractivity contribution in [3.05, 3.63) is 89.6 Å². The van der Waals surface area contributed by atoms with Gasteiger partial charge in [-0.3, -0.25) is 19.3 Å². The van der Waals surface area contributed by atoms with E-state index in [1.54, 1.807) is 42.5 Å². The number of anilines is 2. The second kappa shape index (κ2) is 14.1. The van der Waals surface area contributed by atoms with Crippen LogP contribution < -0.4 is 15.5 Å². The molecule has 1 fully saturated rings. The van der Waals surface area contributed by atoms with Crippen LogP contribution in [-0.2, 0) is 20.6 Å². The van der Waals surface area contributed by atoms with Gasteiger partial charge in [0.2, 0.25) is 17.7 Å². The predicted octanol–water partition coefficient (Wildman–Crippen LogP) is 6.74. The highest BCUT2D eigenvalue weighted by Gasteiger charge is 2.36. The highest BCUT2D eigenvalue weighted by Crippen LogP contribution is 2.35. The summed E-state index contributed by atoms with van der Waals surface area (Å²) in [5.41, 5.74) is 0.439. The minimum absolute atomic E-state index is 0.0117. The SMILES string of the molecule is Cc1ccc(C(C(=O)NC2CCCCC2)N(C(=O)CCCC(=O)Nc2ccccn2)c2cccc(C(F)(F)F)c2)cc1.